The van der Waals surface area contributed by atoms with Crippen molar-refractivity contribution in [3.63, 3.8) is 0 Å². The molecule has 0 aromatic carbocycles. The number of ketones is 1. The molecule has 14 saturated heterocycles. The summed E-state index contributed by atoms with van der Waals surface area (Å²) in [5, 5.41) is 10.7. The summed E-state index contributed by atoms with van der Waals surface area (Å²) in [5.74, 6) is 5.25. The van der Waals surface area contributed by atoms with Crippen LogP contribution in [0.3, 0.4) is 0 Å². The van der Waals surface area contributed by atoms with Gasteiger partial charge in [-0.05, 0) is 177 Å². The predicted octanol–water partition coefficient (Wildman–Crippen LogP) is 12.0. The van der Waals surface area contributed by atoms with Crippen LogP contribution in [0, 0.1) is 23.7 Å². The standard InChI is InChI=1S/C12H23NO2S.C10H17NOS.C8H13NO.C7H11NO.2C6H12O2S.C4H8O.C2H4OS.4CH4.HI/c1-3-15-10(2)16-9-12(14)8-13-6-4-11(12)5-7-13;1-8-12-10(7-13-8)6-11-4-2-9(10)3-5-11;1-3-9-4-2-7(1)8(5-9)6-10-8;9-7-5-8-3-1-6(7)2-4-8;2*1-4-8-6(3)9-5(2)7;1-3-5-4-2;1-2(3)4;;;;;/h10-11,14H,3-9H2,1-2H3;8-9H,2-7H2,1H3;7H,1-6H2;6H,1-5H2;2*6H,4H2,1-3H3;3H,1,4H2,2H3;1H3,(H,3,4);4*1H4;1H. The fourth-order valence-electron chi connectivity index (χ4n) is 11.4. The lowest BCUT2D eigenvalue weighted by molar-refractivity contribution is -0.133. The first-order chi connectivity index (χ1) is 35.6. The van der Waals surface area contributed by atoms with E-state index < -0.39 is 5.60 Å². The van der Waals surface area contributed by atoms with Gasteiger partial charge in [0.25, 0.3) is 0 Å². The Morgan fingerprint density at radius 1 is 0.688 bits per heavy atom. The van der Waals surface area contributed by atoms with E-state index in [4.69, 9.17) is 23.7 Å². The van der Waals surface area contributed by atoms with Crippen LogP contribution < -0.4 is 0 Å². The zero-order valence-electron chi connectivity index (χ0n) is 48.3. The Balaban J connectivity index is -0.000000862. The monoisotopic (exact) mass is 1340 g/mol. The van der Waals surface area contributed by atoms with E-state index >= 15 is 0 Å². The molecule has 0 aromatic rings. The highest BCUT2D eigenvalue weighted by Crippen LogP contribution is 2.47. The minimum Gasteiger partial charge on any atom is -0.502 e. The number of Topliss-reactive ketones (excluding diaryl/α,β-unsaturated/α-hetero) is 1. The third-order valence-corrected chi connectivity index (χ3v) is 19.2. The largest absolute Gasteiger partial charge is 0.502 e. The van der Waals surface area contributed by atoms with Gasteiger partial charge in [-0.2, -0.15) is 0 Å². The number of rotatable bonds is 13. The minimum absolute atomic E-state index is 0. The smallest absolute Gasteiger partial charge is 0.188 e. The summed E-state index contributed by atoms with van der Waals surface area (Å²) in [6.07, 6.45) is 11.5. The van der Waals surface area contributed by atoms with Crippen molar-refractivity contribution in [2.24, 2.45) is 23.7 Å². The third kappa shape index (κ3) is 31.3. The van der Waals surface area contributed by atoms with E-state index in [1.807, 2.05) is 53.3 Å². The molecule has 8 bridgehead atoms. The van der Waals surface area contributed by atoms with Crippen LogP contribution in [0.5, 0.6) is 0 Å². The molecule has 7 unspecified atom stereocenters. The van der Waals surface area contributed by atoms with Gasteiger partial charge in [-0.25, -0.2) is 0 Å². The summed E-state index contributed by atoms with van der Waals surface area (Å²) >= 11 is 9.50. The topological polar surface area (TPSA) is 160 Å². The Kier molecular flexibility index (Phi) is 47.2. The highest BCUT2D eigenvalue weighted by molar-refractivity contribution is 14.0. The van der Waals surface area contributed by atoms with E-state index in [1.165, 1.54) is 133 Å². The fourth-order valence-corrected chi connectivity index (χ4v) is 15.0. The van der Waals surface area contributed by atoms with Gasteiger partial charge in [0.2, 0.25) is 0 Å². The van der Waals surface area contributed by atoms with Crippen molar-refractivity contribution < 1.29 is 52.7 Å². The molecule has 1 N–H and O–H groups in total. The van der Waals surface area contributed by atoms with Gasteiger partial charge < -0.3 is 48.2 Å². The third-order valence-electron chi connectivity index (χ3n) is 15.1. The summed E-state index contributed by atoms with van der Waals surface area (Å²) < 4.78 is 32.0. The van der Waals surface area contributed by atoms with Crippen molar-refractivity contribution in [3.05, 3.63) is 12.8 Å². The first-order valence-corrected chi connectivity index (χ1v) is 32.3. The minimum atomic E-state index is -0.466. The predicted molar refractivity (Wildman–Crippen MR) is 357 cm³/mol. The number of nitrogens with zero attached hydrogens (tertiary/aromatic N) is 4. The molecule has 14 rings (SSSR count). The average Bonchev–Trinajstić information content (AvgIpc) is 4.03. The number of thiol groups is 1. The molecule has 2 spiro atoms. The number of hydrogen-bond acceptors (Lipinski definition) is 19. The molecule has 15 nitrogen and oxygen atoms in total. The Morgan fingerprint density at radius 2 is 1.07 bits per heavy atom. The van der Waals surface area contributed by atoms with Crippen molar-refractivity contribution in [2.45, 2.75) is 196 Å². The highest BCUT2D eigenvalue weighted by atomic mass is 127. The number of hydrogen-bond donors (Lipinski definition) is 2. The first-order valence-electron chi connectivity index (χ1n) is 28.0. The van der Waals surface area contributed by atoms with Crippen LogP contribution in [0.2, 0.25) is 0 Å². The van der Waals surface area contributed by atoms with E-state index in [0.29, 0.717) is 41.9 Å². The molecule has 476 valence electrons. The highest BCUT2D eigenvalue weighted by Gasteiger charge is 2.56. The van der Waals surface area contributed by atoms with Gasteiger partial charge in [0.15, 0.2) is 15.3 Å². The zero-order valence-corrected chi connectivity index (χ0v) is 54.8. The maximum Gasteiger partial charge on any atom is 0.188 e. The molecule has 0 radical (unpaired) electrons. The molecular formula is C59H117IN4O11S5. The summed E-state index contributed by atoms with van der Waals surface area (Å²) in [4.78, 5) is 50.9. The van der Waals surface area contributed by atoms with E-state index in [-0.39, 0.29) is 90.9 Å². The Morgan fingerprint density at radius 3 is 1.31 bits per heavy atom. The van der Waals surface area contributed by atoms with Crippen LogP contribution in [-0.2, 0) is 47.6 Å². The van der Waals surface area contributed by atoms with E-state index in [9.17, 15) is 24.3 Å². The molecule has 14 fully saturated rings. The van der Waals surface area contributed by atoms with Gasteiger partial charge in [0.05, 0.1) is 42.7 Å². The van der Waals surface area contributed by atoms with Gasteiger partial charge in [-0.15, -0.1) is 60.1 Å². The second-order valence-electron chi connectivity index (χ2n) is 20.9. The number of epoxide rings is 1. The normalized spacial score (nSPS) is 32.5. The molecule has 0 amide bonds. The van der Waals surface area contributed by atoms with Crippen molar-refractivity contribution in [1.82, 2.24) is 19.6 Å². The number of carbonyl (C=O) groups excluding carboxylic acids is 4. The van der Waals surface area contributed by atoms with Gasteiger partial charge >= 0.3 is 0 Å². The van der Waals surface area contributed by atoms with Gasteiger partial charge in [0, 0.05) is 77.6 Å². The van der Waals surface area contributed by atoms with Crippen LogP contribution in [-0.4, -0.2) is 207 Å². The van der Waals surface area contributed by atoms with Crippen LogP contribution >= 0.6 is 83.7 Å². The number of carbonyl (C=O) groups is 4. The molecule has 0 aromatic heterocycles. The maximum absolute atomic E-state index is 11.0. The fraction of sp³-hybridized carbons (Fsp3) is 0.898. The number of piperidine rings is 12. The van der Waals surface area contributed by atoms with Crippen LogP contribution in [0.15, 0.2) is 12.8 Å². The number of aliphatic hydroxyl groups is 1. The van der Waals surface area contributed by atoms with Gasteiger partial charge in [-0.1, -0.05) is 59.8 Å². The number of halogens is 1. The van der Waals surface area contributed by atoms with Crippen LogP contribution in [0.1, 0.15) is 157 Å². The summed E-state index contributed by atoms with van der Waals surface area (Å²) in [5.41, 5.74) is 0.800. The number of fused-ring (bicyclic) bond motifs is 10. The lowest BCUT2D eigenvalue weighted by atomic mass is 9.76. The second-order valence-corrected chi connectivity index (χ2v) is 27.1. The first kappa shape index (κ1) is 84.5. The molecular weight excluding hydrogens is 1230 g/mol. The molecule has 7 atom stereocenters. The number of ether oxygens (including phenoxy) is 6. The van der Waals surface area contributed by atoms with Crippen molar-refractivity contribution in [2.75, 3.05) is 123 Å². The summed E-state index contributed by atoms with van der Waals surface area (Å²) in [7, 11) is 0. The lowest BCUT2D eigenvalue weighted by Gasteiger charge is -2.50. The van der Waals surface area contributed by atoms with E-state index in [0.717, 1.165) is 76.4 Å². The summed E-state index contributed by atoms with van der Waals surface area (Å²) in [6.45, 7) is 41.4. The molecule has 80 heavy (non-hydrogen) atoms. The van der Waals surface area contributed by atoms with Gasteiger partial charge in [-0.3, -0.25) is 24.1 Å². The zero-order chi connectivity index (χ0) is 55.6. The van der Waals surface area contributed by atoms with Crippen LogP contribution in [0.4, 0.5) is 0 Å². The van der Waals surface area contributed by atoms with Crippen molar-refractivity contribution in [1.29, 1.82) is 0 Å². The molecule has 21 heteroatoms. The summed E-state index contributed by atoms with van der Waals surface area (Å²) in [6, 6.07) is 0. The molecule has 14 aliphatic heterocycles. The molecule has 0 saturated carbocycles. The SMILES string of the molecule is C.C.C.C.C1CN2CCC1C1(CO1)C2.C=COCC.CC(=O)S.CC1OC2(CS1)CN1CCC2CC1.CCOC(C)SC(C)=O.CCOC(C)SC(C)=O.CCOC(C)SCC1(O)CN2CCC1CC2.I.O=C1CN2CCC1CC2. The Bertz CT molecular complexity index is 1640. The average molecular weight is 1350 g/mol. The number of thioether (sulfide) groups is 4. The van der Waals surface area contributed by atoms with Gasteiger partial charge in [0.1, 0.15) is 27.7 Å². The molecule has 0 aliphatic carbocycles. The molecule has 14 heterocycles. The van der Waals surface area contributed by atoms with Crippen molar-refractivity contribution >= 4 is 105 Å². The van der Waals surface area contributed by atoms with Crippen LogP contribution in [0.25, 0.3) is 0 Å². The van der Waals surface area contributed by atoms with E-state index in [1.54, 1.807) is 25.6 Å². The maximum atomic E-state index is 11.0. The quantitative estimate of drug-likeness (QED) is 0.0589. The van der Waals surface area contributed by atoms with Crippen molar-refractivity contribution in [3.8, 4) is 0 Å². The second kappa shape index (κ2) is 44.7. The Labute approximate surface area is 528 Å². The Hall–Kier alpha value is 0.300. The van der Waals surface area contributed by atoms with E-state index in [2.05, 4.69) is 57.4 Å². The lowest BCUT2D eigenvalue weighted by Crippen LogP contribution is -2.60. The molecule has 14 aliphatic rings.